The fraction of sp³-hybridized carbons (Fsp3) is 0. The molecule has 3 heteroatoms. The summed E-state index contributed by atoms with van der Waals surface area (Å²) in [6, 6.07) is 26.7. The molecule has 0 spiro atoms. The van der Waals surface area contributed by atoms with E-state index in [0.29, 0.717) is 5.02 Å². The molecule has 0 aliphatic heterocycles. The van der Waals surface area contributed by atoms with Gasteiger partial charge in [0.15, 0.2) is 5.69 Å². The van der Waals surface area contributed by atoms with Crippen LogP contribution in [0, 0.1) is 0 Å². The van der Waals surface area contributed by atoms with Crippen LogP contribution in [0.5, 0.6) is 0 Å². The minimum absolute atomic E-state index is 0.715. The van der Waals surface area contributed by atoms with Crippen LogP contribution in [0.3, 0.4) is 0 Å². The van der Waals surface area contributed by atoms with Crippen molar-refractivity contribution >= 4 is 38.9 Å². The van der Waals surface area contributed by atoms with Gasteiger partial charge in [-0.05, 0) is 28.6 Å². The lowest BCUT2D eigenvalue weighted by Gasteiger charge is -2.05. The third-order valence-electron chi connectivity index (χ3n) is 4.54. The molecule has 2 aromatic heterocycles. The van der Waals surface area contributed by atoms with Crippen LogP contribution >= 0.6 is 11.6 Å². The molecule has 3 aromatic carbocycles. The minimum Gasteiger partial charge on any atom is -0.195 e. The Morgan fingerprint density at radius 1 is 0.760 bits per heavy atom. The smallest absolute Gasteiger partial charge is 0.195 e. The maximum Gasteiger partial charge on any atom is 0.329 e. The van der Waals surface area contributed by atoms with Gasteiger partial charge in [-0.1, -0.05) is 66.2 Å². The van der Waals surface area contributed by atoms with Gasteiger partial charge in [0.25, 0.3) is 0 Å². The Labute approximate surface area is 150 Å². The first-order valence-electron chi connectivity index (χ1n) is 8.18. The summed E-state index contributed by atoms with van der Waals surface area (Å²) in [5.74, 6) is 0. The molecular formula is C22H14ClN2+. The number of halogens is 1. The van der Waals surface area contributed by atoms with Gasteiger partial charge in [0.2, 0.25) is 0 Å². The summed E-state index contributed by atoms with van der Waals surface area (Å²) in [5.41, 5.74) is 4.06. The van der Waals surface area contributed by atoms with Crippen LogP contribution in [0.1, 0.15) is 0 Å². The number of hydrogen-bond acceptors (Lipinski definition) is 1. The number of pyridine rings is 1. The number of rotatable bonds is 1. The summed E-state index contributed by atoms with van der Waals surface area (Å²) in [6.07, 6.45) is 2.14. The van der Waals surface area contributed by atoms with Crippen LogP contribution in [0.25, 0.3) is 38.6 Å². The first kappa shape index (κ1) is 14.4. The predicted octanol–water partition coefficient (Wildman–Crippen LogP) is 5.45. The van der Waals surface area contributed by atoms with Crippen LogP contribution in [0.4, 0.5) is 0 Å². The van der Waals surface area contributed by atoms with Crippen molar-refractivity contribution in [3.63, 3.8) is 0 Å². The molecule has 0 amide bonds. The molecule has 25 heavy (non-hydrogen) atoms. The molecule has 0 atom stereocenters. The average Bonchev–Trinajstić information content (AvgIpc) is 2.66. The normalized spacial score (nSPS) is 11.4. The highest BCUT2D eigenvalue weighted by atomic mass is 35.5. The molecule has 0 saturated carbocycles. The summed E-state index contributed by atoms with van der Waals surface area (Å²) in [6.45, 7) is 0. The van der Waals surface area contributed by atoms with Gasteiger partial charge in [-0.2, -0.15) is 4.40 Å². The Balaban J connectivity index is 1.98. The van der Waals surface area contributed by atoms with Crippen molar-refractivity contribution in [1.82, 2.24) is 4.98 Å². The van der Waals surface area contributed by atoms with Gasteiger partial charge >= 0.3 is 5.65 Å². The SMILES string of the molecule is Clc1ccc2c(c1)c(-c1ccccc1)nc1cc3ccccc3c[n+]12. The molecule has 0 fully saturated rings. The Bertz CT molecular complexity index is 1250. The highest BCUT2D eigenvalue weighted by molar-refractivity contribution is 6.31. The number of nitrogens with zero attached hydrogens (tertiary/aromatic N) is 2. The molecule has 2 heterocycles. The monoisotopic (exact) mass is 341 g/mol. The molecule has 5 aromatic rings. The van der Waals surface area contributed by atoms with Gasteiger partial charge in [-0.3, -0.25) is 0 Å². The van der Waals surface area contributed by atoms with E-state index < -0.39 is 0 Å². The topological polar surface area (TPSA) is 17.0 Å². The van der Waals surface area contributed by atoms with E-state index in [2.05, 4.69) is 59.1 Å². The second kappa shape index (κ2) is 5.54. The predicted molar refractivity (Wildman–Crippen MR) is 103 cm³/mol. The van der Waals surface area contributed by atoms with Crippen molar-refractivity contribution in [2.45, 2.75) is 0 Å². The van der Waals surface area contributed by atoms with Crippen LogP contribution in [-0.4, -0.2) is 4.98 Å². The van der Waals surface area contributed by atoms with Crippen molar-refractivity contribution in [3.8, 4) is 11.3 Å². The fourth-order valence-corrected chi connectivity index (χ4v) is 3.52. The number of fused-ring (bicyclic) bond motifs is 4. The van der Waals surface area contributed by atoms with E-state index in [1.807, 2.05) is 30.3 Å². The summed E-state index contributed by atoms with van der Waals surface area (Å²) in [5, 5.41) is 4.13. The van der Waals surface area contributed by atoms with Crippen molar-refractivity contribution < 1.29 is 4.40 Å². The fourth-order valence-electron chi connectivity index (χ4n) is 3.35. The molecule has 0 aliphatic carbocycles. The Morgan fingerprint density at radius 3 is 2.36 bits per heavy atom. The molecule has 5 rings (SSSR count). The average molecular weight is 342 g/mol. The van der Waals surface area contributed by atoms with Crippen molar-refractivity contribution in [3.05, 3.63) is 90.1 Å². The van der Waals surface area contributed by atoms with E-state index in [1.54, 1.807) is 0 Å². The van der Waals surface area contributed by atoms with E-state index in [0.717, 1.165) is 27.8 Å². The number of benzene rings is 3. The highest BCUT2D eigenvalue weighted by Gasteiger charge is 2.18. The van der Waals surface area contributed by atoms with Gasteiger partial charge in [0.1, 0.15) is 11.7 Å². The zero-order valence-electron chi connectivity index (χ0n) is 13.4. The van der Waals surface area contributed by atoms with Gasteiger partial charge in [0, 0.05) is 22.0 Å². The van der Waals surface area contributed by atoms with Gasteiger partial charge in [0.05, 0.1) is 5.39 Å². The standard InChI is InChI=1S/C22H14ClN2/c23-18-10-11-20-19(13-18)22(15-6-2-1-3-7-15)24-21-12-16-8-4-5-9-17(16)14-25(20)21/h1-14H/q+1. The first-order valence-corrected chi connectivity index (χ1v) is 8.56. The van der Waals surface area contributed by atoms with Crippen molar-refractivity contribution in [1.29, 1.82) is 0 Å². The largest absolute Gasteiger partial charge is 0.329 e. The molecule has 118 valence electrons. The Hall–Kier alpha value is -2.97. The quantitative estimate of drug-likeness (QED) is 0.225. The van der Waals surface area contributed by atoms with Crippen LogP contribution < -0.4 is 4.40 Å². The second-order valence-corrected chi connectivity index (χ2v) is 6.55. The third kappa shape index (κ3) is 2.34. The number of aromatic nitrogens is 2. The van der Waals surface area contributed by atoms with Gasteiger partial charge in [-0.15, -0.1) is 0 Å². The van der Waals surface area contributed by atoms with Crippen LogP contribution in [-0.2, 0) is 0 Å². The van der Waals surface area contributed by atoms with Gasteiger partial charge < -0.3 is 0 Å². The molecule has 0 aliphatic rings. The first-order chi connectivity index (χ1) is 12.3. The summed E-state index contributed by atoms with van der Waals surface area (Å²) in [4.78, 5) is 4.97. The van der Waals surface area contributed by atoms with E-state index in [1.165, 1.54) is 10.8 Å². The maximum absolute atomic E-state index is 6.29. The lowest BCUT2D eigenvalue weighted by molar-refractivity contribution is -0.482. The lowest BCUT2D eigenvalue weighted by Crippen LogP contribution is -2.24. The molecule has 0 saturated heterocycles. The molecule has 2 nitrogen and oxygen atoms in total. The molecule has 0 N–H and O–H groups in total. The van der Waals surface area contributed by atoms with E-state index in [9.17, 15) is 0 Å². The molecule has 0 unspecified atom stereocenters. The van der Waals surface area contributed by atoms with Gasteiger partial charge in [-0.25, -0.2) is 0 Å². The Kier molecular flexibility index (Phi) is 3.19. The maximum atomic E-state index is 6.29. The molecular weight excluding hydrogens is 328 g/mol. The Morgan fingerprint density at radius 2 is 1.52 bits per heavy atom. The van der Waals surface area contributed by atoms with Crippen LogP contribution in [0.15, 0.2) is 85.1 Å². The third-order valence-corrected chi connectivity index (χ3v) is 4.78. The summed E-state index contributed by atoms with van der Waals surface area (Å²) in [7, 11) is 0. The van der Waals surface area contributed by atoms with Crippen molar-refractivity contribution in [2.24, 2.45) is 0 Å². The molecule has 0 radical (unpaired) electrons. The van der Waals surface area contributed by atoms with E-state index >= 15 is 0 Å². The minimum atomic E-state index is 0.715. The van der Waals surface area contributed by atoms with Crippen molar-refractivity contribution in [2.75, 3.05) is 0 Å². The molecule has 0 bridgehead atoms. The number of hydrogen-bond donors (Lipinski definition) is 0. The summed E-state index contributed by atoms with van der Waals surface area (Å²) < 4.78 is 2.14. The highest BCUT2D eigenvalue weighted by Crippen LogP contribution is 2.28. The lowest BCUT2D eigenvalue weighted by atomic mass is 10.1. The van der Waals surface area contributed by atoms with Crippen LogP contribution in [0.2, 0.25) is 5.02 Å². The zero-order chi connectivity index (χ0) is 16.8. The summed E-state index contributed by atoms with van der Waals surface area (Å²) >= 11 is 6.29. The van der Waals surface area contributed by atoms with E-state index in [4.69, 9.17) is 16.6 Å². The second-order valence-electron chi connectivity index (χ2n) is 6.12. The van der Waals surface area contributed by atoms with E-state index in [-0.39, 0.29) is 0 Å². The zero-order valence-corrected chi connectivity index (χ0v) is 14.1.